The smallest absolute Gasteiger partial charge is 0.235 e. The van der Waals surface area contributed by atoms with Gasteiger partial charge in [0.25, 0.3) is 0 Å². The minimum Gasteiger partial charge on any atom is -0.497 e. The van der Waals surface area contributed by atoms with E-state index in [9.17, 15) is 9.59 Å². The van der Waals surface area contributed by atoms with Crippen molar-refractivity contribution in [2.75, 3.05) is 19.5 Å². The van der Waals surface area contributed by atoms with Crippen LogP contribution in [0.1, 0.15) is 18.4 Å². The Kier molecular flexibility index (Phi) is 6.05. The van der Waals surface area contributed by atoms with E-state index in [2.05, 4.69) is 20.8 Å². The van der Waals surface area contributed by atoms with E-state index in [-0.39, 0.29) is 31.2 Å². The maximum atomic E-state index is 12.1. The lowest BCUT2D eigenvalue weighted by atomic mass is 10.2. The number of carbonyl (C=O) groups excluding carboxylic acids is 2. The summed E-state index contributed by atoms with van der Waals surface area (Å²) in [4.78, 5) is 24.2. The van der Waals surface area contributed by atoms with Gasteiger partial charge in [0.2, 0.25) is 17.8 Å². The Hall–Kier alpha value is -3.62. The lowest BCUT2D eigenvalue weighted by molar-refractivity contribution is -0.124. The lowest BCUT2D eigenvalue weighted by Gasteiger charge is -2.11. The van der Waals surface area contributed by atoms with E-state index in [0.717, 1.165) is 5.56 Å². The minimum absolute atomic E-state index is 0.0306. The summed E-state index contributed by atoms with van der Waals surface area (Å²) in [6.07, 6.45) is 1.83. The molecule has 0 aliphatic rings. The lowest BCUT2D eigenvalue weighted by Crippen LogP contribution is -2.25. The number of carbonyl (C=O) groups is 2. The molecule has 9 nitrogen and oxygen atoms in total. The van der Waals surface area contributed by atoms with Crippen molar-refractivity contribution in [3.63, 3.8) is 0 Å². The van der Waals surface area contributed by atoms with E-state index in [4.69, 9.17) is 9.47 Å². The Morgan fingerprint density at radius 2 is 1.86 bits per heavy atom. The first-order valence-corrected chi connectivity index (χ1v) is 8.68. The molecular formula is C19H21N5O4. The molecule has 2 N–H and O–H groups in total. The van der Waals surface area contributed by atoms with E-state index >= 15 is 0 Å². The summed E-state index contributed by atoms with van der Waals surface area (Å²) in [5, 5.41) is 13.3. The summed E-state index contributed by atoms with van der Waals surface area (Å²) in [6, 6.07) is 10.8. The third-order valence-electron chi connectivity index (χ3n) is 4.11. The average molecular weight is 383 g/mol. The molecule has 1 aromatic carbocycles. The number of benzene rings is 1. The van der Waals surface area contributed by atoms with Crippen LogP contribution in [0, 0.1) is 0 Å². The van der Waals surface area contributed by atoms with Gasteiger partial charge in [0.1, 0.15) is 11.5 Å². The Morgan fingerprint density at radius 3 is 2.64 bits per heavy atom. The summed E-state index contributed by atoms with van der Waals surface area (Å²) in [5.74, 6) is 1.09. The second-order valence-electron chi connectivity index (χ2n) is 5.96. The highest BCUT2D eigenvalue weighted by Crippen LogP contribution is 2.23. The molecule has 0 atom stereocenters. The van der Waals surface area contributed by atoms with Gasteiger partial charge in [-0.3, -0.25) is 19.3 Å². The average Bonchev–Trinajstić information content (AvgIpc) is 3.13. The zero-order valence-corrected chi connectivity index (χ0v) is 15.6. The molecule has 0 saturated carbocycles. The van der Waals surface area contributed by atoms with Crippen molar-refractivity contribution in [1.29, 1.82) is 0 Å². The quantitative estimate of drug-likeness (QED) is 0.614. The standard InChI is InChI=1S/C19H21N5O4/c1-27-14-6-7-15(28-2)13(11-14)12-20-17(25)8-9-18(26)21-19-23-22-16-5-3-4-10-24(16)19/h3-7,10-11H,8-9,12H2,1-2H3,(H,20,25)(H,21,23,26). The van der Waals surface area contributed by atoms with Gasteiger partial charge in [0.05, 0.1) is 14.2 Å². The van der Waals surface area contributed by atoms with Crippen LogP contribution in [0.2, 0.25) is 0 Å². The van der Waals surface area contributed by atoms with Crippen molar-refractivity contribution in [2.45, 2.75) is 19.4 Å². The SMILES string of the molecule is COc1ccc(OC)c(CNC(=O)CCC(=O)Nc2nnc3ccccn23)c1. The van der Waals surface area contributed by atoms with E-state index in [1.54, 1.807) is 49.1 Å². The van der Waals surface area contributed by atoms with Crippen LogP contribution in [0.25, 0.3) is 5.65 Å². The molecule has 2 heterocycles. The van der Waals surface area contributed by atoms with Crippen molar-refractivity contribution < 1.29 is 19.1 Å². The Labute approximate surface area is 161 Å². The van der Waals surface area contributed by atoms with E-state index < -0.39 is 0 Å². The number of nitrogens with zero attached hydrogens (tertiary/aromatic N) is 3. The number of rotatable bonds is 8. The van der Waals surface area contributed by atoms with E-state index in [1.165, 1.54) is 0 Å². The molecule has 3 aromatic rings. The molecule has 0 fully saturated rings. The Bertz CT molecular complexity index is 985. The van der Waals surface area contributed by atoms with Gasteiger partial charge in [-0.1, -0.05) is 6.07 Å². The van der Waals surface area contributed by atoms with Crippen molar-refractivity contribution >= 4 is 23.4 Å². The minimum atomic E-state index is -0.313. The Morgan fingerprint density at radius 1 is 1.04 bits per heavy atom. The predicted molar refractivity (Wildman–Crippen MR) is 102 cm³/mol. The summed E-state index contributed by atoms with van der Waals surface area (Å²) in [5.41, 5.74) is 1.41. The topological polar surface area (TPSA) is 107 Å². The molecular weight excluding hydrogens is 362 g/mol. The first-order chi connectivity index (χ1) is 13.6. The van der Waals surface area contributed by atoms with Crippen LogP contribution in [0.3, 0.4) is 0 Å². The summed E-state index contributed by atoms with van der Waals surface area (Å²) in [6.45, 7) is 0.273. The summed E-state index contributed by atoms with van der Waals surface area (Å²) >= 11 is 0. The fraction of sp³-hybridized carbons (Fsp3) is 0.263. The molecule has 146 valence electrons. The zero-order valence-electron chi connectivity index (χ0n) is 15.6. The third-order valence-corrected chi connectivity index (χ3v) is 4.11. The summed E-state index contributed by atoms with van der Waals surface area (Å²) < 4.78 is 12.1. The predicted octanol–water partition coefficient (Wildman–Crippen LogP) is 1.78. The molecule has 0 saturated heterocycles. The van der Waals surface area contributed by atoms with Gasteiger partial charge < -0.3 is 14.8 Å². The van der Waals surface area contributed by atoms with Crippen molar-refractivity contribution in [3.05, 3.63) is 48.2 Å². The number of anilines is 1. The normalized spacial score (nSPS) is 10.5. The van der Waals surface area contributed by atoms with Gasteiger partial charge in [-0.2, -0.15) is 0 Å². The van der Waals surface area contributed by atoms with E-state index in [0.29, 0.717) is 23.1 Å². The van der Waals surface area contributed by atoms with Crippen molar-refractivity contribution in [1.82, 2.24) is 19.9 Å². The monoisotopic (exact) mass is 383 g/mol. The summed E-state index contributed by atoms with van der Waals surface area (Å²) in [7, 11) is 3.13. The van der Waals surface area contributed by atoms with Crippen LogP contribution in [0.4, 0.5) is 5.95 Å². The number of fused-ring (bicyclic) bond motifs is 1. The zero-order chi connectivity index (χ0) is 19.9. The Balaban J connectivity index is 1.50. The molecule has 0 radical (unpaired) electrons. The van der Waals surface area contributed by atoms with Crippen LogP contribution in [0.5, 0.6) is 11.5 Å². The van der Waals surface area contributed by atoms with Gasteiger partial charge in [-0.05, 0) is 30.3 Å². The van der Waals surface area contributed by atoms with Crippen LogP contribution >= 0.6 is 0 Å². The van der Waals surface area contributed by atoms with Crippen LogP contribution in [0.15, 0.2) is 42.6 Å². The molecule has 0 aliphatic carbocycles. The number of nitrogens with one attached hydrogen (secondary N) is 2. The second-order valence-corrected chi connectivity index (χ2v) is 5.96. The molecule has 0 unspecified atom stereocenters. The maximum Gasteiger partial charge on any atom is 0.235 e. The maximum absolute atomic E-state index is 12.1. The molecule has 28 heavy (non-hydrogen) atoms. The van der Waals surface area contributed by atoms with Gasteiger partial charge in [-0.15, -0.1) is 10.2 Å². The van der Waals surface area contributed by atoms with Gasteiger partial charge in [-0.25, -0.2) is 0 Å². The highest BCUT2D eigenvalue weighted by molar-refractivity contribution is 5.92. The third kappa shape index (κ3) is 4.56. The number of aromatic nitrogens is 3. The van der Waals surface area contributed by atoms with Crippen molar-refractivity contribution in [2.24, 2.45) is 0 Å². The molecule has 0 spiro atoms. The van der Waals surface area contributed by atoms with E-state index in [1.807, 2.05) is 12.1 Å². The first-order valence-electron chi connectivity index (χ1n) is 8.68. The molecule has 9 heteroatoms. The largest absolute Gasteiger partial charge is 0.497 e. The fourth-order valence-corrected chi connectivity index (χ4v) is 2.64. The van der Waals surface area contributed by atoms with Crippen molar-refractivity contribution in [3.8, 4) is 11.5 Å². The highest BCUT2D eigenvalue weighted by atomic mass is 16.5. The number of methoxy groups -OCH3 is 2. The molecule has 3 rings (SSSR count). The fourth-order valence-electron chi connectivity index (χ4n) is 2.64. The van der Waals surface area contributed by atoms with Gasteiger partial charge in [0.15, 0.2) is 5.65 Å². The highest BCUT2D eigenvalue weighted by Gasteiger charge is 2.12. The number of hydrogen-bond donors (Lipinski definition) is 2. The number of ether oxygens (including phenoxy) is 2. The second kappa shape index (κ2) is 8.85. The first kappa shape index (κ1) is 19.2. The van der Waals surface area contributed by atoms with Gasteiger partial charge >= 0.3 is 0 Å². The number of amides is 2. The van der Waals surface area contributed by atoms with Crippen LogP contribution < -0.4 is 20.1 Å². The molecule has 2 amide bonds. The molecule has 2 aromatic heterocycles. The van der Waals surface area contributed by atoms with Gasteiger partial charge in [0, 0.05) is 31.1 Å². The van der Waals surface area contributed by atoms with Crippen LogP contribution in [-0.4, -0.2) is 40.6 Å². The number of pyridine rings is 1. The van der Waals surface area contributed by atoms with Crippen LogP contribution in [-0.2, 0) is 16.1 Å². The molecule has 0 aliphatic heterocycles. The number of hydrogen-bond acceptors (Lipinski definition) is 6. The molecule has 0 bridgehead atoms.